The van der Waals surface area contributed by atoms with E-state index in [4.69, 9.17) is 4.98 Å². The number of benzene rings is 3. The van der Waals surface area contributed by atoms with Crippen LogP contribution >= 0.6 is 11.8 Å². The standard InChI is InChI=1S/C34H37N5O4S3/c1-37(2)19-9-21-45(40,41)38(3)26-15-13-24(14-16-26)29-23-35-34-33(32(29)25-10-6-5-7-11-25)28-22-27(17-18-30(28)36-34)39(4)46(42,43)31-12-8-20-44-31/h5-8,10-11,13-18,20,22-23,31H,9,12,19,21H2,1-4H3,(H,35,36). The Morgan fingerprint density at radius 2 is 1.59 bits per heavy atom. The number of H-pyrrole nitrogens is 1. The van der Waals surface area contributed by atoms with Crippen molar-refractivity contribution in [1.29, 1.82) is 0 Å². The van der Waals surface area contributed by atoms with Gasteiger partial charge in [-0.2, -0.15) is 0 Å². The summed E-state index contributed by atoms with van der Waals surface area (Å²) in [5, 5.41) is 3.59. The number of aromatic amines is 1. The first kappa shape index (κ1) is 32.1. The fourth-order valence-corrected chi connectivity index (χ4v) is 9.84. The van der Waals surface area contributed by atoms with Gasteiger partial charge in [0.15, 0.2) is 0 Å². The van der Waals surface area contributed by atoms with Crippen LogP contribution in [0.1, 0.15) is 12.8 Å². The van der Waals surface area contributed by atoms with Crippen LogP contribution in [-0.4, -0.2) is 76.8 Å². The molecule has 0 saturated carbocycles. The van der Waals surface area contributed by atoms with E-state index in [1.54, 1.807) is 14.1 Å². The minimum absolute atomic E-state index is 0.0671. The van der Waals surface area contributed by atoms with Crippen LogP contribution in [0.2, 0.25) is 0 Å². The van der Waals surface area contributed by atoms with Crippen molar-refractivity contribution in [3.05, 3.63) is 90.5 Å². The average Bonchev–Trinajstić information content (AvgIpc) is 3.73. The number of hydrogen-bond donors (Lipinski definition) is 1. The Labute approximate surface area is 275 Å². The van der Waals surface area contributed by atoms with Gasteiger partial charge in [0.05, 0.1) is 17.1 Å². The summed E-state index contributed by atoms with van der Waals surface area (Å²) in [6.45, 7) is 0.697. The monoisotopic (exact) mass is 675 g/mol. The molecule has 0 fully saturated rings. The van der Waals surface area contributed by atoms with Gasteiger partial charge in [-0.05, 0) is 80.3 Å². The van der Waals surface area contributed by atoms with E-state index in [9.17, 15) is 16.8 Å². The molecule has 240 valence electrons. The first-order valence-corrected chi connectivity index (χ1v) is 19.0. The Morgan fingerprint density at radius 1 is 0.870 bits per heavy atom. The Kier molecular flexibility index (Phi) is 8.90. The van der Waals surface area contributed by atoms with Gasteiger partial charge in [0.1, 0.15) is 10.2 Å². The molecular formula is C34H37N5O4S3. The number of anilines is 2. The zero-order chi connectivity index (χ0) is 32.6. The molecule has 0 radical (unpaired) electrons. The molecule has 1 atom stereocenters. The SMILES string of the molecule is CN(C)CCCS(=O)(=O)N(C)c1ccc(-c2cnc3[nH]c4ccc(N(C)S(=O)(=O)C5CC=CS5)cc4c3c2-c2ccccc2)cc1. The van der Waals surface area contributed by atoms with Crippen LogP contribution in [-0.2, 0) is 20.0 Å². The number of fused-ring (bicyclic) bond motifs is 3. The maximum atomic E-state index is 13.4. The van der Waals surface area contributed by atoms with Gasteiger partial charge in [-0.1, -0.05) is 48.5 Å². The molecule has 6 rings (SSSR count). The zero-order valence-corrected chi connectivity index (χ0v) is 28.7. The van der Waals surface area contributed by atoms with E-state index in [-0.39, 0.29) is 5.75 Å². The molecule has 46 heavy (non-hydrogen) atoms. The molecule has 0 spiro atoms. The lowest BCUT2D eigenvalue weighted by atomic mass is 9.92. The molecule has 1 N–H and O–H groups in total. The van der Waals surface area contributed by atoms with Crippen LogP contribution in [0.4, 0.5) is 11.4 Å². The Balaban J connectivity index is 1.44. The van der Waals surface area contributed by atoms with Crippen molar-refractivity contribution in [2.24, 2.45) is 0 Å². The predicted octanol–water partition coefficient (Wildman–Crippen LogP) is 6.51. The first-order valence-electron chi connectivity index (χ1n) is 15.0. The number of allylic oxidation sites excluding steroid dienone is 1. The maximum Gasteiger partial charge on any atom is 0.247 e. The van der Waals surface area contributed by atoms with Crippen LogP contribution in [0.3, 0.4) is 0 Å². The van der Waals surface area contributed by atoms with E-state index in [1.807, 2.05) is 109 Å². The van der Waals surface area contributed by atoms with Crippen molar-refractivity contribution in [2.45, 2.75) is 17.4 Å². The number of sulfonamides is 2. The van der Waals surface area contributed by atoms with Gasteiger partial charge in [-0.15, -0.1) is 11.8 Å². The number of thioether (sulfide) groups is 1. The zero-order valence-electron chi connectivity index (χ0n) is 26.2. The minimum atomic E-state index is -3.58. The number of nitrogens with zero attached hydrogens (tertiary/aromatic N) is 4. The molecule has 0 saturated heterocycles. The van der Waals surface area contributed by atoms with Gasteiger partial charge < -0.3 is 9.88 Å². The molecular weight excluding hydrogens is 639 g/mol. The highest BCUT2D eigenvalue weighted by molar-refractivity contribution is 8.15. The van der Waals surface area contributed by atoms with Gasteiger partial charge in [0.2, 0.25) is 20.0 Å². The fourth-order valence-electron chi connectivity index (χ4n) is 5.76. The summed E-state index contributed by atoms with van der Waals surface area (Å²) >= 11 is 1.32. The third-order valence-electron chi connectivity index (χ3n) is 8.37. The number of pyridine rings is 1. The topological polar surface area (TPSA) is 107 Å². The number of hydrogen-bond acceptors (Lipinski definition) is 7. The number of nitrogens with one attached hydrogen (secondary N) is 1. The lowest BCUT2D eigenvalue weighted by Crippen LogP contribution is -2.33. The van der Waals surface area contributed by atoms with Crippen molar-refractivity contribution in [1.82, 2.24) is 14.9 Å². The van der Waals surface area contributed by atoms with Crippen molar-refractivity contribution < 1.29 is 16.8 Å². The van der Waals surface area contributed by atoms with Crippen LogP contribution in [0.15, 0.2) is 90.5 Å². The summed E-state index contributed by atoms with van der Waals surface area (Å²) in [7, 11) is -0.00493. The van der Waals surface area contributed by atoms with Crippen molar-refractivity contribution in [3.63, 3.8) is 0 Å². The van der Waals surface area contributed by atoms with E-state index >= 15 is 0 Å². The molecule has 0 amide bonds. The Hall–Kier alpha value is -3.84. The molecule has 3 aromatic carbocycles. The van der Waals surface area contributed by atoms with Crippen molar-refractivity contribution in [3.8, 4) is 22.3 Å². The van der Waals surface area contributed by atoms with Crippen LogP contribution in [0.5, 0.6) is 0 Å². The van der Waals surface area contributed by atoms with E-state index in [0.717, 1.165) is 38.5 Å². The van der Waals surface area contributed by atoms with E-state index < -0.39 is 24.6 Å². The molecule has 1 aliphatic heterocycles. The molecule has 1 unspecified atom stereocenters. The van der Waals surface area contributed by atoms with Gasteiger partial charge in [-0.3, -0.25) is 8.61 Å². The summed E-state index contributed by atoms with van der Waals surface area (Å²) in [6, 6.07) is 23.1. The summed E-state index contributed by atoms with van der Waals surface area (Å²) in [6.07, 6.45) is 4.75. The third kappa shape index (κ3) is 6.14. The minimum Gasteiger partial charge on any atom is -0.339 e. The highest BCUT2D eigenvalue weighted by Crippen LogP contribution is 2.42. The molecule has 2 aromatic heterocycles. The summed E-state index contributed by atoms with van der Waals surface area (Å²) in [5.74, 6) is 0.0671. The lowest BCUT2D eigenvalue weighted by molar-refractivity contribution is 0.408. The van der Waals surface area contributed by atoms with E-state index in [1.165, 1.54) is 20.4 Å². The predicted molar refractivity (Wildman–Crippen MR) is 192 cm³/mol. The van der Waals surface area contributed by atoms with E-state index in [0.29, 0.717) is 36.4 Å². The molecule has 12 heteroatoms. The van der Waals surface area contributed by atoms with E-state index in [2.05, 4.69) is 4.98 Å². The smallest absolute Gasteiger partial charge is 0.247 e. The van der Waals surface area contributed by atoms with Crippen molar-refractivity contribution in [2.75, 3.05) is 49.1 Å². The molecule has 5 aromatic rings. The van der Waals surface area contributed by atoms with Gasteiger partial charge in [0.25, 0.3) is 0 Å². The Bertz CT molecular complexity index is 2120. The highest BCUT2D eigenvalue weighted by Gasteiger charge is 2.31. The second kappa shape index (κ2) is 12.7. The molecule has 9 nitrogen and oxygen atoms in total. The van der Waals surface area contributed by atoms with Crippen LogP contribution in [0.25, 0.3) is 44.2 Å². The normalized spacial score (nSPS) is 15.3. The highest BCUT2D eigenvalue weighted by atomic mass is 32.3. The lowest BCUT2D eigenvalue weighted by Gasteiger charge is -2.23. The third-order valence-corrected chi connectivity index (χ3v) is 14.0. The number of aromatic nitrogens is 2. The van der Waals surface area contributed by atoms with Crippen LogP contribution < -0.4 is 8.61 Å². The maximum absolute atomic E-state index is 13.4. The summed E-state index contributed by atoms with van der Waals surface area (Å²) in [5.41, 5.74) is 6.39. The molecule has 0 bridgehead atoms. The van der Waals surface area contributed by atoms with Gasteiger partial charge >= 0.3 is 0 Å². The largest absolute Gasteiger partial charge is 0.339 e. The quantitative estimate of drug-likeness (QED) is 0.170. The molecule has 0 aliphatic carbocycles. The second-order valence-electron chi connectivity index (χ2n) is 11.7. The summed E-state index contributed by atoms with van der Waals surface area (Å²) in [4.78, 5) is 10.2. The average molecular weight is 676 g/mol. The number of rotatable bonds is 11. The molecule has 3 heterocycles. The Morgan fingerprint density at radius 3 is 2.26 bits per heavy atom. The van der Waals surface area contributed by atoms with Gasteiger partial charge in [-0.25, -0.2) is 21.8 Å². The second-order valence-corrected chi connectivity index (χ2v) is 17.3. The fraction of sp³-hybridized carbons (Fsp3) is 0.265. The van der Waals surface area contributed by atoms with Crippen LogP contribution in [0, 0.1) is 0 Å². The summed E-state index contributed by atoms with van der Waals surface area (Å²) < 4.78 is 55.0. The molecule has 1 aliphatic rings. The van der Waals surface area contributed by atoms with Crippen molar-refractivity contribution >= 4 is 65.1 Å². The van der Waals surface area contributed by atoms with Gasteiger partial charge in [0, 0.05) is 47.7 Å². The first-order chi connectivity index (χ1) is 22.0.